The summed E-state index contributed by atoms with van der Waals surface area (Å²) in [5.41, 5.74) is 35.4. The highest BCUT2D eigenvalue weighted by atomic mass is 79.9. The molecule has 13 heteroatoms. The molecule has 0 atom stereocenters. The number of halogens is 3. The molecule has 22 aromatic carbocycles. The first-order valence-electron chi connectivity index (χ1n) is 49.9. The van der Waals surface area contributed by atoms with Crippen LogP contribution in [0.3, 0.4) is 0 Å². The van der Waals surface area contributed by atoms with Crippen molar-refractivity contribution in [1.82, 2.24) is 4.98 Å². The molecular formula is C137H94Br3N7O3. The summed E-state index contributed by atoms with van der Waals surface area (Å²) in [5, 5.41) is 6.64. The molecular weight excluding hydrogens is 2030 g/mol. The summed E-state index contributed by atoms with van der Waals surface area (Å²) in [6, 6.07) is 196. The molecule has 0 bridgehead atoms. The second kappa shape index (κ2) is 42.7. The fourth-order valence-corrected chi connectivity index (χ4v) is 21.5. The fourth-order valence-electron chi connectivity index (χ4n) is 20.1. The largest absolute Gasteiger partial charge is 0.456 e. The minimum absolute atomic E-state index is 0.846. The van der Waals surface area contributed by atoms with Gasteiger partial charge in [-0.15, -0.1) is 0 Å². The molecule has 0 saturated carbocycles. The van der Waals surface area contributed by atoms with Gasteiger partial charge in [0.25, 0.3) is 0 Å². The van der Waals surface area contributed by atoms with Crippen LogP contribution in [-0.4, -0.2) is 4.98 Å². The molecule has 0 aliphatic heterocycles. The van der Waals surface area contributed by atoms with Crippen molar-refractivity contribution in [3.8, 4) is 55.6 Å². The van der Waals surface area contributed by atoms with Gasteiger partial charge in [0.15, 0.2) is 0 Å². The molecule has 26 rings (SSSR count). The SMILES string of the molecule is Brc1cc(N(c2ccc(-c3ccccc3)cc2)c2ccc(-c3ccccc3)cc2)cc(N(c2ccc(-c3ccccc3)cc2)c2ccc3c(c2)oc2ccccc23)c1.Brc1cc(N(c2ccccc2)c2ccc(-c3cccnc3)cc2)cc(N(c2ccccc2)c2ccc3c(c2)oc2ccccc23)c1.Brc1cc(N(c2ccccc2)c2ccccc2)cc(N(c2ccccc2)c2ccc3c(c2)oc2cc(-c4ccccc4)ccc23)c1. The molecule has 0 amide bonds. The summed E-state index contributed by atoms with van der Waals surface area (Å²) in [5.74, 6) is 0. The molecule has 4 heterocycles. The van der Waals surface area contributed by atoms with E-state index in [9.17, 15) is 0 Å². The molecule has 0 saturated heterocycles. The molecule has 0 aliphatic rings. The third-order valence-electron chi connectivity index (χ3n) is 27.1. The number of rotatable bonds is 23. The van der Waals surface area contributed by atoms with E-state index in [2.05, 4.69) is 574 Å². The van der Waals surface area contributed by atoms with Crippen LogP contribution in [0.25, 0.3) is 121 Å². The lowest BCUT2D eigenvalue weighted by Crippen LogP contribution is -2.13. The number of hydrogen-bond donors (Lipinski definition) is 0. The second-order valence-corrected chi connectivity index (χ2v) is 39.4. The van der Waals surface area contributed by atoms with Gasteiger partial charge in [-0.25, -0.2) is 0 Å². The highest BCUT2D eigenvalue weighted by Gasteiger charge is 2.27. The average molecular weight is 2130 g/mol. The van der Waals surface area contributed by atoms with Crippen LogP contribution in [0.2, 0.25) is 0 Å². The zero-order valence-corrected chi connectivity index (χ0v) is 86.0. The highest BCUT2D eigenvalue weighted by molar-refractivity contribution is 9.11. The average Bonchev–Trinajstić information content (AvgIpc) is 1.57. The van der Waals surface area contributed by atoms with E-state index in [1.807, 2.05) is 72.9 Å². The van der Waals surface area contributed by atoms with Crippen molar-refractivity contribution < 1.29 is 13.3 Å². The molecule has 0 fully saturated rings. The molecule has 0 N–H and O–H groups in total. The smallest absolute Gasteiger partial charge is 0.137 e. The minimum Gasteiger partial charge on any atom is -0.456 e. The van der Waals surface area contributed by atoms with Crippen LogP contribution in [0.15, 0.2) is 597 Å². The van der Waals surface area contributed by atoms with Crippen molar-refractivity contribution in [1.29, 1.82) is 0 Å². The Balaban J connectivity index is 0.000000121. The van der Waals surface area contributed by atoms with Crippen LogP contribution < -0.4 is 29.4 Å². The number of hydrogen-bond acceptors (Lipinski definition) is 10. The summed E-state index contributed by atoms with van der Waals surface area (Å²) < 4.78 is 22.2. The summed E-state index contributed by atoms with van der Waals surface area (Å²) in [4.78, 5) is 18.1. The molecule has 0 unspecified atom stereocenters. The normalized spacial score (nSPS) is 11.2. The maximum absolute atomic E-state index is 6.53. The fraction of sp³-hybridized carbons (Fsp3) is 0. The quantitative estimate of drug-likeness (QED) is 0.0618. The Morgan fingerprint density at radius 2 is 0.327 bits per heavy atom. The van der Waals surface area contributed by atoms with Gasteiger partial charge in [-0.3, -0.25) is 4.98 Å². The monoisotopic (exact) mass is 2120 g/mol. The standard InChI is InChI=1S/C54H37BrN2O.C42H29BrN2O.C41H28BrN3O/c55-44-34-49(56(45-26-20-41(21-27-45)38-12-4-1-5-13-38)46-28-22-42(23-29-46)39-14-6-2-7-15-39)36-50(35-44)57(47-30-24-43(25-31-47)40-16-8-3-9-17-40)48-32-33-52-51-18-10-11-19-53(51)58-54(52)37-48;43-32-26-37(44(33-15-7-2-8-16-33)34-17-9-3-10-18-34)28-38(27-32)45(35-19-11-4-12-20-35)36-22-24-40-39-23-21-31(30-13-5-1-6-14-30)25-41(39)46-42(40)29-36;42-31-24-36(44(32-11-3-1-4-12-32)34-19-17-29(18-20-34)30-10-9-23-43-28-30)26-37(25-31)45(33-13-5-2-6-14-33)35-21-22-39-38-15-7-8-16-40(38)46-41(39)27-35/h1-37H;1-29H;1-28H. The first-order valence-corrected chi connectivity index (χ1v) is 52.2. The Kier molecular flexibility index (Phi) is 26.8. The Morgan fingerprint density at radius 3 is 0.607 bits per heavy atom. The van der Waals surface area contributed by atoms with Crippen molar-refractivity contribution in [3.05, 3.63) is 584 Å². The van der Waals surface area contributed by atoms with E-state index in [4.69, 9.17) is 13.3 Å². The molecule has 4 aromatic heterocycles. The van der Waals surface area contributed by atoms with Crippen LogP contribution in [0, 0.1) is 0 Å². The highest BCUT2D eigenvalue weighted by Crippen LogP contribution is 2.51. The first kappa shape index (κ1) is 93.9. The molecule has 716 valence electrons. The topological polar surface area (TPSA) is 71.8 Å². The van der Waals surface area contributed by atoms with Crippen molar-refractivity contribution in [2.24, 2.45) is 0 Å². The van der Waals surface area contributed by atoms with Gasteiger partial charge in [-0.2, -0.15) is 0 Å². The summed E-state index contributed by atoms with van der Waals surface area (Å²) in [6.07, 6.45) is 3.69. The van der Waals surface area contributed by atoms with Crippen LogP contribution in [0.5, 0.6) is 0 Å². The van der Waals surface area contributed by atoms with Crippen molar-refractivity contribution in [2.45, 2.75) is 0 Å². The summed E-state index contributed by atoms with van der Waals surface area (Å²) in [6.45, 7) is 0. The molecule has 150 heavy (non-hydrogen) atoms. The van der Waals surface area contributed by atoms with E-state index >= 15 is 0 Å². The van der Waals surface area contributed by atoms with Crippen LogP contribution >= 0.6 is 47.8 Å². The van der Waals surface area contributed by atoms with Gasteiger partial charge in [0.2, 0.25) is 0 Å². The van der Waals surface area contributed by atoms with Crippen LogP contribution in [0.4, 0.5) is 102 Å². The predicted octanol–water partition coefficient (Wildman–Crippen LogP) is 41.6. The van der Waals surface area contributed by atoms with E-state index < -0.39 is 0 Å². The first-order chi connectivity index (χ1) is 74.1. The van der Waals surface area contributed by atoms with Crippen molar-refractivity contribution in [2.75, 3.05) is 29.4 Å². The van der Waals surface area contributed by atoms with Crippen molar-refractivity contribution in [3.63, 3.8) is 0 Å². The predicted molar refractivity (Wildman–Crippen MR) is 637 cm³/mol. The molecule has 0 radical (unpaired) electrons. The Labute approximate surface area is 895 Å². The van der Waals surface area contributed by atoms with E-state index in [0.717, 1.165) is 204 Å². The molecule has 0 aliphatic carbocycles. The van der Waals surface area contributed by atoms with Gasteiger partial charge in [-0.1, -0.05) is 357 Å². The lowest BCUT2D eigenvalue weighted by atomic mass is 10.0. The number of nitrogens with zero attached hydrogens (tertiary/aromatic N) is 7. The lowest BCUT2D eigenvalue weighted by Gasteiger charge is -2.30. The number of furan rings is 3. The number of fused-ring (bicyclic) bond motifs is 9. The second-order valence-electron chi connectivity index (χ2n) is 36.6. The maximum Gasteiger partial charge on any atom is 0.137 e. The Morgan fingerprint density at radius 1 is 0.133 bits per heavy atom. The van der Waals surface area contributed by atoms with Gasteiger partial charge in [-0.05, 0) is 286 Å². The Bertz CT molecular complexity index is 9090. The Hall–Kier alpha value is -18.4. The van der Waals surface area contributed by atoms with E-state index in [1.54, 1.807) is 6.20 Å². The third kappa shape index (κ3) is 20.0. The number of benzene rings is 22. The van der Waals surface area contributed by atoms with Crippen molar-refractivity contribution >= 4 is 216 Å². The van der Waals surface area contributed by atoms with Gasteiger partial charge in [0.05, 0.1) is 0 Å². The number of pyridine rings is 1. The van der Waals surface area contributed by atoms with E-state index in [-0.39, 0.29) is 0 Å². The number of para-hydroxylation sites is 7. The van der Waals surface area contributed by atoms with Gasteiger partial charge < -0.3 is 42.7 Å². The zero-order valence-electron chi connectivity index (χ0n) is 81.3. The minimum atomic E-state index is 0.846. The zero-order chi connectivity index (χ0) is 101. The number of aromatic nitrogens is 1. The van der Waals surface area contributed by atoms with Gasteiger partial charge in [0, 0.05) is 179 Å². The third-order valence-corrected chi connectivity index (χ3v) is 28.5. The molecule has 10 nitrogen and oxygen atoms in total. The summed E-state index contributed by atoms with van der Waals surface area (Å²) >= 11 is 11.7. The van der Waals surface area contributed by atoms with Crippen LogP contribution in [-0.2, 0) is 0 Å². The lowest BCUT2D eigenvalue weighted by molar-refractivity contribution is 0.668. The van der Waals surface area contributed by atoms with Gasteiger partial charge in [0.1, 0.15) is 33.5 Å². The van der Waals surface area contributed by atoms with E-state index in [1.165, 1.54) is 33.4 Å². The summed E-state index contributed by atoms with van der Waals surface area (Å²) in [7, 11) is 0. The molecule has 26 aromatic rings. The van der Waals surface area contributed by atoms with Gasteiger partial charge >= 0.3 is 0 Å². The molecule has 0 spiro atoms. The van der Waals surface area contributed by atoms with Crippen LogP contribution in [0.1, 0.15) is 0 Å². The maximum atomic E-state index is 6.53. The van der Waals surface area contributed by atoms with E-state index in [0.29, 0.717) is 0 Å². The number of anilines is 18.